The molecule has 2 aliphatic rings. The summed E-state index contributed by atoms with van der Waals surface area (Å²) in [5, 5.41) is 3.16. The maximum Gasteiger partial charge on any atom is 0.239 e. The quantitative estimate of drug-likeness (QED) is 0.708. The molecule has 0 saturated carbocycles. The summed E-state index contributed by atoms with van der Waals surface area (Å²) in [6.07, 6.45) is 2.23. The van der Waals surface area contributed by atoms with Crippen LogP contribution in [0.25, 0.3) is 11.0 Å². The second-order valence-corrected chi connectivity index (χ2v) is 9.02. The van der Waals surface area contributed by atoms with Gasteiger partial charge in [-0.1, -0.05) is 12.1 Å². The number of aryl methyl sites for hydroxylation is 1. The van der Waals surface area contributed by atoms with Crippen molar-refractivity contribution in [2.24, 2.45) is 7.05 Å². The fourth-order valence-electron chi connectivity index (χ4n) is 5.37. The number of hydrogen-bond donors (Lipinski definition) is 1. The summed E-state index contributed by atoms with van der Waals surface area (Å²) in [5.74, 6) is 1.27. The van der Waals surface area contributed by atoms with Crippen LogP contribution in [-0.2, 0) is 23.2 Å². The van der Waals surface area contributed by atoms with Gasteiger partial charge in [0, 0.05) is 51.7 Å². The molecule has 0 aliphatic carbocycles. The molecule has 1 aromatic heterocycles. The number of fused-ring (bicyclic) bond motifs is 2. The first-order valence-electron chi connectivity index (χ1n) is 11.9. The lowest BCUT2D eigenvalue weighted by Gasteiger charge is -2.33. The van der Waals surface area contributed by atoms with Crippen molar-refractivity contribution in [3.63, 3.8) is 0 Å². The van der Waals surface area contributed by atoms with Gasteiger partial charge in [-0.05, 0) is 45.9 Å². The molecule has 0 radical (unpaired) electrons. The summed E-state index contributed by atoms with van der Waals surface area (Å²) in [6.45, 7) is 7.63. The summed E-state index contributed by atoms with van der Waals surface area (Å²) in [7, 11) is 4.16. The second-order valence-electron chi connectivity index (χ2n) is 9.02. The molecule has 32 heavy (non-hydrogen) atoms. The van der Waals surface area contributed by atoms with Gasteiger partial charge in [-0.3, -0.25) is 19.4 Å². The van der Waals surface area contributed by atoms with Crippen LogP contribution in [-0.4, -0.2) is 87.4 Å². The molecule has 0 unspecified atom stereocenters. The molecular weight excluding hydrogens is 404 g/mol. The highest BCUT2D eigenvalue weighted by atomic mass is 16.2. The standard InChI is InChI=1S/C24H36N6O2/c1-5-29(6-2)22(31)12-11-17-15-25-24(32)23-20(27(17)3)13-14-30(23)16-21-26-18-9-7-8-10-19(18)28(21)4/h7-10,17,20,23H,5-6,11-16H2,1-4H3,(H,25,32)/t17-,20+,23-/m0/s1. The van der Waals surface area contributed by atoms with Crippen LogP contribution in [0.2, 0.25) is 0 Å². The highest BCUT2D eigenvalue weighted by molar-refractivity contribution is 5.83. The normalized spacial score (nSPS) is 24.4. The Bertz CT molecular complexity index is 969. The topological polar surface area (TPSA) is 73.7 Å². The lowest BCUT2D eigenvalue weighted by Crippen LogP contribution is -2.49. The fourth-order valence-corrected chi connectivity index (χ4v) is 5.37. The fraction of sp³-hybridized carbons (Fsp3) is 0.625. The molecule has 8 heteroatoms. The molecule has 0 bridgehead atoms. The van der Waals surface area contributed by atoms with E-state index >= 15 is 0 Å². The van der Waals surface area contributed by atoms with Crippen molar-refractivity contribution in [1.29, 1.82) is 0 Å². The minimum Gasteiger partial charge on any atom is -0.353 e. The van der Waals surface area contributed by atoms with E-state index in [4.69, 9.17) is 4.98 Å². The summed E-state index contributed by atoms with van der Waals surface area (Å²) in [6, 6.07) is 8.27. The Labute approximate surface area is 190 Å². The molecule has 174 valence electrons. The van der Waals surface area contributed by atoms with E-state index in [-0.39, 0.29) is 29.9 Å². The van der Waals surface area contributed by atoms with E-state index in [1.807, 2.05) is 44.0 Å². The third-order valence-electron chi connectivity index (χ3n) is 7.38. The van der Waals surface area contributed by atoms with Crippen LogP contribution in [0.1, 0.15) is 38.9 Å². The average molecular weight is 441 g/mol. The molecule has 1 N–H and O–H groups in total. The van der Waals surface area contributed by atoms with Gasteiger partial charge in [-0.15, -0.1) is 0 Å². The third kappa shape index (κ3) is 4.26. The SMILES string of the molecule is CCN(CC)C(=O)CC[C@H]1CNC(=O)[C@@H]2[C@@H](CCN2Cc2nc3ccccc3n2C)N1C. The number of amides is 2. The monoisotopic (exact) mass is 440 g/mol. The van der Waals surface area contributed by atoms with E-state index in [1.165, 1.54) is 0 Å². The Kier molecular flexibility index (Phi) is 6.81. The Balaban J connectivity index is 1.45. The summed E-state index contributed by atoms with van der Waals surface area (Å²) >= 11 is 0. The van der Waals surface area contributed by atoms with Gasteiger partial charge >= 0.3 is 0 Å². The van der Waals surface area contributed by atoms with Gasteiger partial charge in [0.2, 0.25) is 11.8 Å². The number of carbonyl (C=O) groups is 2. The Morgan fingerprint density at radius 1 is 1.22 bits per heavy atom. The minimum absolute atomic E-state index is 0.0932. The van der Waals surface area contributed by atoms with Gasteiger partial charge < -0.3 is 14.8 Å². The number of nitrogens with zero attached hydrogens (tertiary/aromatic N) is 5. The number of likely N-dealkylation sites (N-methyl/N-ethyl adjacent to an activating group) is 1. The molecule has 2 saturated heterocycles. The van der Waals surface area contributed by atoms with Crippen molar-refractivity contribution < 1.29 is 9.59 Å². The van der Waals surface area contributed by atoms with Gasteiger partial charge in [0.15, 0.2) is 0 Å². The van der Waals surface area contributed by atoms with Crippen LogP contribution < -0.4 is 5.32 Å². The van der Waals surface area contributed by atoms with Crippen molar-refractivity contribution in [2.75, 3.05) is 33.2 Å². The molecule has 3 atom stereocenters. The average Bonchev–Trinajstić information content (AvgIpc) is 3.32. The number of rotatable bonds is 7. The predicted octanol–water partition coefficient (Wildman–Crippen LogP) is 1.60. The Morgan fingerprint density at radius 3 is 2.69 bits per heavy atom. The number of carbonyl (C=O) groups excluding carboxylic acids is 2. The number of aromatic nitrogens is 2. The van der Waals surface area contributed by atoms with Gasteiger partial charge in [0.1, 0.15) is 11.9 Å². The van der Waals surface area contributed by atoms with E-state index in [0.29, 0.717) is 19.5 Å². The smallest absolute Gasteiger partial charge is 0.239 e. The van der Waals surface area contributed by atoms with E-state index in [9.17, 15) is 9.59 Å². The first kappa shape index (κ1) is 22.7. The number of para-hydroxylation sites is 2. The maximum absolute atomic E-state index is 13.1. The van der Waals surface area contributed by atoms with Crippen LogP contribution in [0.3, 0.4) is 0 Å². The zero-order chi connectivity index (χ0) is 22.8. The van der Waals surface area contributed by atoms with Crippen molar-refractivity contribution in [3.05, 3.63) is 30.1 Å². The van der Waals surface area contributed by atoms with Gasteiger partial charge in [0.25, 0.3) is 0 Å². The Hall–Kier alpha value is -2.45. The van der Waals surface area contributed by atoms with E-state index in [0.717, 1.165) is 49.3 Å². The zero-order valence-electron chi connectivity index (χ0n) is 19.8. The number of likely N-dealkylation sites (tertiary alicyclic amines) is 1. The van der Waals surface area contributed by atoms with Crippen molar-refractivity contribution in [1.82, 2.24) is 29.6 Å². The second kappa shape index (κ2) is 9.58. The molecule has 8 nitrogen and oxygen atoms in total. The molecular formula is C24H36N6O2. The first-order valence-corrected chi connectivity index (χ1v) is 11.9. The number of benzene rings is 1. The van der Waals surface area contributed by atoms with Crippen LogP contribution in [0.5, 0.6) is 0 Å². The van der Waals surface area contributed by atoms with E-state index in [2.05, 4.69) is 32.8 Å². The van der Waals surface area contributed by atoms with Crippen LogP contribution >= 0.6 is 0 Å². The van der Waals surface area contributed by atoms with E-state index in [1.54, 1.807) is 0 Å². The van der Waals surface area contributed by atoms with Crippen molar-refractivity contribution in [2.45, 2.75) is 57.8 Å². The summed E-state index contributed by atoms with van der Waals surface area (Å²) in [5.41, 5.74) is 2.10. The molecule has 1 aromatic carbocycles. The highest BCUT2D eigenvalue weighted by Gasteiger charge is 2.45. The lowest BCUT2D eigenvalue weighted by molar-refractivity contribution is -0.131. The Morgan fingerprint density at radius 2 is 1.97 bits per heavy atom. The number of hydrogen-bond acceptors (Lipinski definition) is 5. The number of imidazole rings is 1. The number of nitrogens with one attached hydrogen (secondary N) is 1. The predicted molar refractivity (Wildman–Crippen MR) is 125 cm³/mol. The van der Waals surface area contributed by atoms with Crippen LogP contribution in [0, 0.1) is 0 Å². The highest BCUT2D eigenvalue weighted by Crippen LogP contribution is 2.29. The van der Waals surface area contributed by atoms with Gasteiger partial charge in [-0.25, -0.2) is 4.98 Å². The van der Waals surface area contributed by atoms with Crippen molar-refractivity contribution >= 4 is 22.8 Å². The molecule has 2 amide bonds. The molecule has 2 aliphatic heterocycles. The van der Waals surface area contributed by atoms with Gasteiger partial charge in [0.05, 0.1) is 17.6 Å². The largest absolute Gasteiger partial charge is 0.353 e. The molecule has 0 spiro atoms. The molecule has 2 aromatic rings. The third-order valence-corrected chi connectivity index (χ3v) is 7.38. The van der Waals surface area contributed by atoms with Crippen LogP contribution in [0.4, 0.5) is 0 Å². The van der Waals surface area contributed by atoms with Crippen molar-refractivity contribution in [3.8, 4) is 0 Å². The molecule has 3 heterocycles. The summed E-state index contributed by atoms with van der Waals surface area (Å²) < 4.78 is 2.13. The molecule has 2 fully saturated rings. The molecule has 4 rings (SSSR count). The summed E-state index contributed by atoms with van der Waals surface area (Å²) in [4.78, 5) is 36.9. The minimum atomic E-state index is -0.191. The zero-order valence-corrected chi connectivity index (χ0v) is 19.8. The van der Waals surface area contributed by atoms with Gasteiger partial charge in [-0.2, -0.15) is 0 Å². The van der Waals surface area contributed by atoms with Crippen LogP contribution in [0.15, 0.2) is 24.3 Å². The van der Waals surface area contributed by atoms with E-state index < -0.39 is 0 Å². The maximum atomic E-state index is 13.1. The first-order chi connectivity index (χ1) is 15.4. The lowest BCUT2D eigenvalue weighted by atomic mass is 10.0.